The Morgan fingerprint density at radius 3 is 1.43 bits per heavy atom. The molecule has 0 unspecified atom stereocenters. The molecule has 0 radical (unpaired) electrons. The molecular weight excluding hydrogens is 201 g/mol. The van der Waals surface area contributed by atoms with Crippen molar-refractivity contribution in [1.82, 2.24) is 3.11 Å². The molecule has 7 heavy (non-hydrogen) atoms. The molecule has 0 aliphatic heterocycles. The van der Waals surface area contributed by atoms with Crippen molar-refractivity contribution in [1.29, 1.82) is 0 Å². The van der Waals surface area contributed by atoms with Crippen molar-refractivity contribution >= 4 is 22.9 Å². The van der Waals surface area contributed by atoms with E-state index < -0.39 is 0 Å². The van der Waals surface area contributed by atoms with Crippen molar-refractivity contribution in [2.75, 3.05) is 7.05 Å². The first kappa shape index (κ1) is 7.69. The molecule has 0 aliphatic rings. The first-order valence-corrected chi connectivity index (χ1v) is 3.30. The molecule has 44 valence electrons. The predicted octanol–water partition coefficient (Wildman–Crippen LogP) is 2.07. The van der Waals surface area contributed by atoms with Gasteiger partial charge in [0.25, 0.3) is 0 Å². The third-order valence-electron chi connectivity index (χ3n) is 0.924. The molecule has 0 bridgehead atoms. The molecule has 0 heterocycles. The molecule has 0 aromatic carbocycles. The Bertz CT molecular complexity index is 53.6. The summed E-state index contributed by atoms with van der Waals surface area (Å²) in [7, 11) is 2.07. The molecular formula is C5H12IN. The lowest BCUT2D eigenvalue weighted by molar-refractivity contribution is 0.347. The van der Waals surface area contributed by atoms with E-state index in [9.17, 15) is 0 Å². The minimum atomic E-state index is 0.320. The molecule has 1 nitrogen and oxygen atoms in total. The van der Waals surface area contributed by atoms with Crippen LogP contribution in [0.1, 0.15) is 20.8 Å². The minimum absolute atomic E-state index is 0.320. The van der Waals surface area contributed by atoms with Gasteiger partial charge in [-0.1, -0.05) is 0 Å². The quantitative estimate of drug-likeness (QED) is 0.439. The summed E-state index contributed by atoms with van der Waals surface area (Å²) in [6, 6.07) is 0. The highest BCUT2D eigenvalue weighted by Gasteiger charge is 2.12. The van der Waals surface area contributed by atoms with Crippen LogP contribution in [0.3, 0.4) is 0 Å². The third-order valence-corrected chi connectivity index (χ3v) is 2.37. The molecule has 0 aliphatic carbocycles. The maximum atomic E-state index is 2.28. The Hall–Kier alpha value is 0.690. The molecule has 0 amide bonds. The maximum absolute atomic E-state index is 2.28. The van der Waals surface area contributed by atoms with Crippen molar-refractivity contribution in [3.8, 4) is 0 Å². The summed E-state index contributed by atoms with van der Waals surface area (Å²) in [6.07, 6.45) is 0. The van der Waals surface area contributed by atoms with Gasteiger partial charge in [0.1, 0.15) is 0 Å². The summed E-state index contributed by atoms with van der Waals surface area (Å²) < 4.78 is 2.16. The van der Waals surface area contributed by atoms with Gasteiger partial charge in [0, 0.05) is 28.4 Å². The van der Waals surface area contributed by atoms with Crippen LogP contribution >= 0.6 is 22.9 Å². The topological polar surface area (TPSA) is 3.24 Å². The summed E-state index contributed by atoms with van der Waals surface area (Å²) in [5.41, 5.74) is 0.320. The van der Waals surface area contributed by atoms with Gasteiger partial charge in [0.2, 0.25) is 0 Å². The summed E-state index contributed by atoms with van der Waals surface area (Å²) in [4.78, 5) is 0. The zero-order valence-corrected chi connectivity index (χ0v) is 7.48. The monoisotopic (exact) mass is 213 g/mol. The highest BCUT2D eigenvalue weighted by Crippen LogP contribution is 2.13. The van der Waals surface area contributed by atoms with E-state index in [1.165, 1.54) is 0 Å². The standard InChI is InChI=1S/C5H12IN/c1-5(2,3)7(4)6/h1-4H3. The molecule has 0 spiro atoms. The molecule has 0 saturated carbocycles. The van der Waals surface area contributed by atoms with Crippen LogP contribution in [-0.2, 0) is 0 Å². The molecule has 0 saturated heterocycles. The van der Waals surface area contributed by atoms with Crippen molar-refractivity contribution in [3.05, 3.63) is 0 Å². The van der Waals surface area contributed by atoms with E-state index in [0.717, 1.165) is 0 Å². The van der Waals surface area contributed by atoms with Crippen LogP contribution in [0.5, 0.6) is 0 Å². The van der Waals surface area contributed by atoms with Gasteiger partial charge in [-0.05, 0) is 27.8 Å². The van der Waals surface area contributed by atoms with E-state index in [1.54, 1.807) is 0 Å². The highest BCUT2D eigenvalue weighted by molar-refractivity contribution is 14.1. The van der Waals surface area contributed by atoms with Crippen molar-refractivity contribution < 1.29 is 0 Å². The molecule has 0 aromatic heterocycles. The molecule has 2 heteroatoms. The van der Waals surface area contributed by atoms with Gasteiger partial charge < -0.3 is 0 Å². The molecule has 0 fully saturated rings. The summed E-state index contributed by atoms with van der Waals surface area (Å²) in [5.74, 6) is 0. The Labute approximate surface area is 59.6 Å². The number of halogens is 1. The fourth-order valence-corrected chi connectivity index (χ4v) is 0. The van der Waals surface area contributed by atoms with Crippen LogP contribution in [0.2, 0.25) is 0 Å². The average Bonchev–Trinajstić information content (AvgIpc) is 1.31. The van der Waals surface area contributed by atoms with E-state index >= 15 is 0 Å². The largest absolute Gasteiger partial charge is 0.245 e. The number of rotatable bonds is 0. The van der Waals surface area contributed by atoms with Gasteiger partial charge in [-0.3, -0.25) is 0 Å². The first-order chi connectivity index (χ1) is 2.94. The Balaban J connectivity index is 3.54. The maximum Gasteiger partial charge on any atom is 0.0217 e. The summed E-state index contributed by atoms with van der Waals surface area (Å²) >= 11 is 2.28. The highest BCUT2D eigenvalue weighted by atomic mass is 127. The first-order valence-electron chi connectivity index (χ1n) is 2.34. The van der Waals surface area contributed by atoms with Crippen LogP contribution in [0.4, 0.5) is 0 Å². The predicted molar refractivity (Wildman–Crippen MR) is 41.5 cm³/mol. The fraction of sp³-hybridized carbons (Fsp3) is 1.00. The van der Waals surface area contributed by atoms with Crippen LogP contribution in [-0.4, -0.2) is 15.7 Å². The van der Waals surface area contributed by atoms with Crippen LogP contribution in [0.15, 0.2) is 0 Å². The van der Waals surface area contributed by atoms with Gasteiger partial charge in [-0.15, -0.1) is 0 Å². The van der Waals surface area contributed by atoms with Crippen LogP contribution in [0, 0.1) is 0 Å². The fourth-order valence-electron chi connectivity index (χ4n) is 0. The summed E-state index contributed by atoms with van der Waals surface area (Å²) in [6.45, 7) is 6.54. The second-order valence-corrected chi connectivity index (χ2v) is 4.10. The van der Waals surface area contributed by atoms with E-state index in [-0.39, 0.29) is 0 Å². The zero-order chi connectivity index (χ0) is 6.08. The zero-order valence-electron chi connectivity index (χ0n) is 5.33. The molecule has 0 atom stereocenters. The molecule has 0 rings (SSSR count). The van der Waals surface area contributed by atoms with Gasteiger partial charge in [-0.2, -0.15) is 0 Å². The van der Waals surface area contributed by atoms with E-state index in [1.807, 2.05) is 0 Å². The lowest BCUT2D eigenvalue weighted by Gasteiger charge is -2.24. The molecule has 0 aromatic rings. The lowest BCUT2D eigenvalue weighted by atomic mass is 10.1. The number of nitrogens with zero attached hydrogens (tertiary/aromatic N) is 1. The van der Waals surface area contributed by atoms with Gasteiger partial charge >= 0.3 is 0 Å². The Morgan fingerprint density at radius 1 is 1.29 bits per heavy atom. The number of hydrogen-bond acceptors (Lipinski definition) is 1. The Morgan fingerprint density at radius 2 is 1.43 bits per heavy atom. The van der Waals surface area contributed by atoms with E-state index in [2.05, 4.69) is 53.8 Å². The average molecular weight is 213 g/mol. The summed E-state index contributed by atoms with van der Waals surface area (Å²) in [5, 5.41) is 0. The van der Waals surface area contributed by atoms with Gasteiger partial charge in [0.05, 0.1) is 0 Å². The third kappa shape index (κ3) is 3.29. The number of hydrogen-bond donors (Lipinski definition) is 0. The second kappa shape index (κ2) is 2.31. The minimum Gasteiger partial charge on any atom is -0.245 e. The van der Waals surface area contributed by atoms with Gasteiger partial charge in [-0.25, -0.2) is 3.11 Å². The van der Waals surface area contributed by atoms with Crippen molar-refractivity contribution in [3.63, 3.8) is 0 Å². The lowest BCUT2D eigenvalue weighted by Crippen LogP contribution is -2.29. The van der Waals surface area contributed by atoms with Crippen LogP contribution < -0.4 is 0 Å². The smallest absolute Gasteiger partial charge is 0.0217 e. The second-order valence-electron chi connectivity index (χ2n) is 2.65. The van der Waals surface area contributed by atoms with Crippen LogP contribution in [0.25, 0.3) is 0 Å². The van der Waals surface area contributed by atoms with E-state index in [0.29, 0.717) is 5.54 Å². The van der Waals surface area contributed by atoms with Crippen molar-refractivity contribution in [2.24, 2.45) is 0 Å². The van der Waals surface area contributed by atoms with E-state index in [4.69, 9.17) is 0 Å². The van der Waals surface area contributed by atoms with Gasteiger partial charge in [0.15, 0.2) is 0 Å². The molecule has 0 N–H and O–H groups in total. The normalized spacial score (nSPS) is 12.9. The Kier molecular flexibility index (Phi) is 2.53. The van der Waals surface area contributed by atoms with Crippen molar-refractivity contribution in [2.45, 2.75) is 26.3 Å². The SMILES string of the molecule is CN(I)C(C)(C)C.